The number of aromatic nitrogens is 3. The number of nitriles is 1. The van der Waals surface area contributed by atoms with Gasteiger partial charge < -0.3 is 19.1 Å². The van der Waals surface area contributed by atoms with E-state index in [4.69, 9.17) is 14.6 Å². The molecule has 3 aromatic rings. The van der Waals surface area contributed by atoms with E-state index >= 15 is 0 Å². The van der Waals surface area contributed by atoms with Crippen LogP contribution in [0, 0.1) is 11.3 Å². The number of halogens is 3. The summed E-state index contributed by atoms with van der Waals surface area (Å²) in [4.78, 5) is 36.4. The molecule has 264 valence electrons. The number of sulfonamides is 1. The molecule has 1 N–H and O–H groups in total. The lowest BCUT2D eigenvalue weighted by Crippen LogP contribution is -2.42. The number of benzene rings is 2. The number of methoxy groups -OCH3 is 1. The van der Waals surface area contributed by atoms with E-state index in [2.05, 4.69) is 16.3 Å². The molecule has 0 radical (unpaired) electrons. The number of ether oxygens (including phenoxy) is 1. The van der Waals surface area contributed by atoms with Gasteiger partial charge in [0.1, 0.15) is 12.6 Å². The highest BCUT2D eigenvalue weighted by molar-refractivity contribution is 7.89. The lowest BCUT2D eigenvalue weighted by Gasteiger charge is -2.37. The van der Waals surface area contributed by atoms with Gasteiger partial charge in [0.25, 0.3) is 0 Å². The van der Waals surface area contributed by atoms with Crippen LogP contribution in [-0.4, -0.2) is 92.0 Å². The number of H-pyrrole nitrogens is 1. The molecule has 0 saturated carbocycles. The molecule has 0 aliphatic carbocycles. The average Bonchev–Trinajstić information content (AvgIpc) is 3.40. The highest BCUT2D eigenvalue weighted by Gasteiger charge is 2.41. The number of alkyl halides is 3. The van der Waals surface area contributed by atoms with Crippen molar-refractivity contribution in [3.8, 4) is 6.07 Å². The maximum atomic E-state index is 13.6. The van der Waals surface area contributed by atoms with E-state index < -0.39 is 45.9 Å². The number of nitrogens with one attached hydrogen (secondary N) is 1. The van der Waals surface area contributed by atoms with Gasteiger partial charge in [0.15, 0.2) is 0 Å². The minimum absolute atomic E-state index is 0.0120. The first-order chi connectivity index (χ1) is 22.8. The van der Waals surface area contributed by atoms with Crippen LogP contribution in [0.3, 0.4) is 0 Å². The number of quaternary nitrogens is 1. The molecule has 14 nitrogen and oxygen atoms in total. The normalized spacial score (nSPS) is 14.9. The van der Waals surface area contributed by atoms with E-state index in [1.807, 2.05) is 14.1 Å². The van der Waals surface area contributed by atoms with Crippen molar-refractivity contribution in [2.75, 3.05) is 52.5 Å². The minimum atomic E-state index is -4.65. The number of aromatic amines is 1. The molecular weight excluding hydrogens is 671 g/mol. The van der Waals surface area contributed by atoms with Crippen LogP contribution < -0.4 is 15.7 Å². The van der Waals surface area contributed by atoms with Crippen molar-refractivity contribution < 1.29 is 45.5 Å². The minimum Gasteiger partial charge on any atom is -0.554 e. The maximum Gasteiger partial charge on any atom is 0.416 e. The SMILES string of the molecule is COC(=O)C1=C(C)N(c2cccc(C(F)(F)F)c2)c2n[nH]c(=O)n2C1c1ccc(C#N)cc1C[N+](C)(C)CCCS(=O)(=O)N(C)C.O=C[O-]. The zero-order chi connectivity index (χ0) is 36.9. The molecule has 0 bridgehead atoms. The number of hydrogen-bond acceptors (Lipinski definition) is 10. The van der Waals surface area contributed by atoms with Gasteiger partial charge in [0.05, 0.1) is 56.3 Å². The van der Waals surface area contributed by atoms with Crippen LogP contribution in [0.2, 0.25) is 0 Å². The van der Waals surface area contributed by atoms with Crippen LogP contribution in [0.15, 0.2) is 58.5 Å². The molecule has 1 aliphatic rings. The first kappa shape index (κ1) is 38.5. The summed E-state index contributed by atoms with van der Waals surface area (Å²) in [6, 6.07) is 10.2. The van der Waals surface area contributed by atoms with Gasteiger partial charge in [-0.1, -0.05) is 12.1 Å². The largest absolute Gasteiger partial charge is 0.554 e. The number of fused-ring (bicyclic) bond motifs is 1. The standard InChI is InChI=1S/C30H34F3N7O5S.CH2O2/c1-19-25(27(41)45-6)26(39-28(35-36-29(39)42)38(19)23-10-7-9-22(16-23)30(31,32)33)24-12-11-20(17-34)15-21(24)18-40(4,5)13-8-14-46(43,44)37(2)3;2-1-3/h7,9-12,15-16,26H,8,13-14,18H2,1-6H3;1H,(H,2,3). The fraction of sp³-hybridized carbons (Fsp3) is 0.387. The fourth-order valence-corrected chi connectivity index (χ4v) is 6.41. The zero-order valence-corrected chi connectivity index (χ0v) is 28.4. The first-order valence-corrected chi connectivity index (χ1v) is 16.2. The summed E-state index contributed by atoms with van der Waals surface area (Å²) in [7, 11) is 4.45. The predicted octanol–water partition coefficient (Wildman–Crippen LogP) is 1.87. The van der Waals surface area contributed by atoms with Crippen LogP contribution in [0.5, 0.6) is 0 Å². The van der Waals surface area contributed by atoms with Gasteiger partial charge in [0, 0.05) is 43.9 Å². The van der Waals surface area contributed by atoms with E-state index in [0.717, 1.165) is 23.5 Å². The number of carbonyl (C=O) groups excluding carboxylic acids is 2. The molecule has 0 fully saturated rings. The number of allylic oxidation sites excluding steroid dienone is 1. The lowest BCUT2D eigenvalue weighted by molar-refractivity contribution is -0.903. The van der Waals surface area contributed by atoms with Crippen LogP contribution in [0.1, 0.15) is 41.6 Å². The molecule has 18 heteroatoms. The summed E-state index contributed by atoms with van der Waals surface area (Å²) in [5.74, 6) is -0.947. The molecule has 1 aliphatic heterocycles. The third-order valence-electron chi connectivity index (χ3n) is 7.87. The second-order valence-corrected chi connectivity index (χ2v) is 14.2. The summed E-state index contributed by atoms with van der Waals surface area (Å²) in [5, 5.41) is 24.5. The molecule has 4 rings (SSSR count). The van der Waals surface area contributed by atoms with E-state index in [9.17, 15) is 36.4 Å². The summed E-state index contributed by atoms with van der Waals surface area (Å²) >= 11 is 0. The van der Waals surface area contributed by atoms with Crippen molar-refractivity contribution in [3.63, 3.8) is 0 Å². The summed E-state index contributed by atoms with van der Waals surface area (Å²) in [6.07, 6.45) is -4.31. The van der Waals surface area contributed by atoms with Gasteiger partial charge in [-0.3, -0.25) is 4.90 Å². The van der Waals surface area contributed by atoms with Crippen molar-refractivity contribution >= 4 is 34.1 Å². The van der Waals surface area contributed by atoms with Gasteiger partial charge in [-0.2, -0.15) is 18.4 Å². The Hall–Kier alpha value is -4.99. The van der Waals surface area contributed by atoms with Crippen molar-refractivity contribution in [1.82, 2.24) is 19.1 Å². The molecule has 1 unspecified atom stereocenters. The number of nitrogens with zero attached hydrogens (tertiary/aromatic N) is 6. The Bertz CT molecular complexity index is 1940. The van der Waals surface area contributed by atoms with Crippen molar-refractivity contribution in [3.05, 3.63) is 86.5 Å². The van der Waals surface area contributed by atoms with Crippen LogP contribution >= 0.6 is 0 Å². The topological polar surface area (TPSA) is 182 Å². The van der Waals surface area contributed by atoms with Crippen molar-refractivity contribution in [2.24, 2.45) is 0 Å². The van der Waals surface area contributed by atoms with Crippen molar-refractivity contribution in [2.45, 2.75) is 32.1 Å². The summed E-state index contributed by atoms with van der Waals surface area (Å²) < 4.78 is 73.4. The van der Waals surface area contributed by atoms with E-state index in [-0.39, 0.29) is 39.7 Å². The third-order valence-corrected chi connectivity index (χ3v) is 9.78. The Morgan fingerprint density at radius 1 is 1.22 bits per heavy atom. The van der Waals surface area contributed by atoms with Gasteiger partial charge in [-0.15, -0.1) is 5.10 Å². The number of anilines is 2. The second kappa shape index (κ2) is 15.1. The fourth-order valence-electron chi connectivity index (χ4n) is 5.56. The third kappa shape index (κ3) is 8.54. The van der Waals surface area contributed by atoms with E-state index in [0.29, 0.717) is 29.7 Å². The number of hydrogen-bond donors (Lipinski definition) is 1. The Labute approximate surface area is 280 Å². The van der Waals surface area contributed by atoms with Crippen LogP contribution in [-0.2, 0) is 37.1 Å². The van der Waals surface area contributed by atoms with Gasteiger partial charge >= 0.3 is 17.8 Å². The summed E-state index contributed by atoms with van der Waals surface area (Å²) in [6.45, 7) is 1.74. The average molecular weight is 708 g/mol. The Kier molecular flexibility index (Phi) is 11.8. The number of carbonyl (C=O) groups is 2. The highest BCUT2D eigenvalue weighted by Crippen LogP contribution is 2.43. The second-order valence-electron chi connectivity index (χ2n) is 11.9. The molecule has 1 aromatic heterocycles. The molecule has 2 aromatic carbocycles. The maximum absolute atomic E-state index is 13.6. The van der Waals surface area contributed by atoms with Gasteiger partial charge in [-0.25, -0.2) is 32.0 Å². The molecule has 1 atom stereocenters. The van der Waals surface area contributed by atoms with Crippen LogP contribution in [0.4, 0.5) is 24.8 Å². The molecular formula is C31H36F3N7O7S. The van der Waals surface area contributed by atoms with E-state index in [1.54, 1.807) is 12.1 Å². The molecule has 0 spiro atoms. The molecule has 49 heavy (non-hydrogen) atoms. The van der Waals surface area contributed by atoms with E-state index in [1.165, 1.54) is 48.7 Å². The highest BCUT2D eigenvalue weighted by atomic mass is 32.2. The predicted molar refractivity (Wildman–Crippen MR) is 169 cm³/mol. The number of carboxylic acid groups (broad SMARTS) is 1. The smallest absolute Gasteiger partial charge is 0.416 e. The lowest BCUT2D eigenvalue weighted by atomic mass is 9.89. The van der Waals surface area contributed by atoms with Gasteiger partial charge in [0.2, 0.25) is 16.0 Å². The quantitative estimate of drug-likeness (QED) is 0.186. The molecule has 0 saturated heterocycles. The Morgan fingerprint density at radius 3 is 2.45 bits per heavy atom. The Morgan fingerprint density at radius 2 is 1.88 bits per heavy atom. The van der Waals surface area contributed by atoms with Gasteiger partial charge in [-0.05, 0) is 42.8 Å². The van der Waals surface area contributed by atoms with Crippen molar-refractivity contribution in [1.29, 1.82) is 5.26 Å². The zero-order valence-electron chi connectivity index (χ0n) is 27.6. The monoisotopic (exact) mass is 707 g/mol. The molecule has 0 amide bonds. The number of esters is 1. The molecule has 2 heterocycles. The Balaban J connectivity index is 0.00000209. The number of rotatable bonds is 10. The first-order valence-electron chi connectivity index (χ1n) is 14.6. The van der Waals surface area contributed by atoms with Crippen LogP contribution in [0.25, 0.3) is 0 Å². The summed E-state index contributed by atoms with van der Waals surface area (Å²) in [5.41, 5.74) is -0.136.